The summed E-state index contributed by atoms with van der Waals surface area (Å²) in [4.78, 5) is 2.01. The van der Waals surface area contributed by atoms with Crippen LogP contribution < -0.4 is 4.74 Å². The summed E-state index contributed by atoms with van der Waals surface area (Å²) < 4.78 is 42.3. The largest absolute Gasteiger partial charge is 0.494 e. The van der Waals surface area contributed by atoms with Crippen molar-refractivity contribution in [3.8, 4) is 5.75 Å². The van der Waals surface area contributed by atoms with Crippen molar-refractivity contribution in [1.82, 2.24) is 4.90 Å². The van der Waals surface area contributed by atoms with E-state index in [1.807, 2.05) is 18.0 Å². The third-order valence-electron chi connectivity index (χ3n) is 4.18. The van der Waals surface area contributed by atoms with Crippen LogP contribution in [0.3, 0.4) is 0 Å². The van der Waals surface area contributed by atoms with Crippen LogP contribution in [0.4, 0.5) is 4.39 Å². The average molecular weight is 315 g/mol. The molecule has 0 bridgehead atoms. The average Bonchev–Trinajstić information content (AvgIpc) is 2.88. The standard InChI is InChI=1S/C15H22FNO3S/c1-17(13-5-4-6-15(13)21(3,18)19)10-11-7-8-14(20-2)12(16)9-11/h7-9,13,15H,4-6,10H2,1-3H3/t13-,15+/m0/s1. The second-order valence-electron chi connectivity index (χ2n) is 5.75. The maximum absolute atomic E-state index is 13.7. The molecule has 1 fully saturated rings. The highest BCUT2D eigenvalue weighted by Crippen LogP contribution is 2.29. The molecule has 0 saturated heterocycles. The molecule has 1 aliphatic carbocycles. The maximum atomic E-state index is 13.7. The van der Waals surface area contributed by atoms with Crippen molar-refractivity contribution >= 4 is 9.84 Å². The van der Waals surface area contributed by atoms with Crippen LogP contribution in [0.5, 0.6) is 5.75 Å². The normalized spacial score (nSPS) is 22.7. The Kier molecular flexibility index (Phi) is 4.88. The van der Waals surface area contributed by atoms with Crippen LogP contribution in [0.1, 0.15) is 24.8 Å². The molecular weight excluding hydrogens is 293 g/mol. The van der Waals surface area contributed by atoms with E-state index in [4.69, 9.17) is 4.74 Å². The van der Waals surface area contributed by atoms with Gasteiger partial charge in [0.1, 0.15) is 0 Å². The number of sulfone groups is 1. The van der Waals surface area contributed by atoms with E-state index in [1.165, 1.54) is 19.4 Å². The lowest BCUT2D eigenvalue weighted by atomic mass is 10.1. The molecular formula is C15H22FNO3S. The molecule has 0 aliphatic heterocycles. The number of halogens is 1. The van der Waals surface area contributed by atoms with E-state index in [9.17, 15) is 12.8 Å². The Morgan fingerprint density at radius 2 is 2.10 bits per heavy atom. The van der Waals surface area contributed by atoms with Crippen molar-refractivity contribution in [3.63, 3.8) is 0 Å². The summed E-state index contributed by atoms with van der Waals surface area (Å²) in [5, 5.41) is -0.314. The van der Waals surface area contributed by atoms with Gasteiger partial charge in [0, 0.05) is 18.8 Å². The SMILES string of the molecule is COc1ccc(CN(C)[C@H]2CCC[C@H]2S(C)(=O)=O)cc1F. The molecule has 21 heavy (non-hydrogen) atoms. The van der Waals surface area contributed by atoms with Gasteiger partial charge in [-0.1, -0.05) is 12.5 Å². The molecule has 0 radical (unpaired) electrons. The number of nitrogens with zero attached hydrogens (tertiary/aromatic N) is 1. The van der Waals surface area contributed by atoms with Gasteiger partial charge < -0.3 is 4.74 Å². The van der Waals surface area contributed by atoms with Gasteiger partial charge in [-0.05, 0) is 37.6 Å². The molecule has 0 spiro atoms. The molecule has 0 amide bonds. The van der Waals surface area contributed by atoms with E-state index in [0.29, 0.717) is 13.0 Å². The second kappa shape index (κ2) is 6.32. The van der Waals surface area contributed by atoms with Crippen molar-refractivity contribution in [2.75, 3.05) is 20.4 Å². The van der Waals surface area contributed by atoms with Crippen LogP contribution >= 0.6 is 0 Å². The molecule has 4 nitrogen and oxygen atoms in total. The summed E-state index contributed by atoms with van der Waals surface area (Å²) in [5.74, 6) is -0.175. The van der Waals surface area contributed by atoms with Gasteiger partial charge in [-0.25, -0.2) is 12.8 Å². The maximum Gasteiger partial charge on any atom is 0.165 e. The first kappa shape index (κ1) is 16.2. The molecule has 0 aromatic heterocycles. The van der Waals surface area contributed by atoms with Gasteiger partial charge in [0.25, 0.3) is 0 Å². The van der Waals surface area contributed by atoms with Gasteiger partial charge in [-0.2, -0.15) is 0 Å². The number of rotatable bonds is 5. The summed E-state index contributed by atoms with van der Waals surface area (Å²) in [6.45, 7) is 0.525. The monoisotopic (exact) mass is 315 g/mol. The van der Waals surface area contributed by atoms with Crippen LogP contribution in [0.15, 0.2) is 18.2 Å². The molecule has 118 valence electrons. The zero-order chi connectivity index (χ0) is 15.6. The second-order valence-corrected chi connectivity index (χ2v) is 8.01. The van der Waals surface area contributed by atoms with E-state index in [1.54, 1.807) is 6.07 Å². The number of ether oxygens (including phenoxy) is 1. The van der Waals surface area contributed by atoms with Crippen LogP contribution in [-0.2, 0) is 16.4 Å². The minimum Gasteiger partial charge on any atom is -0.494 e. The van der Waals surface area contributed by atoms with Crippen molar-refractivity contribution < 1.29 is 17.5 Å². The Hall–Kier alpha value is -1.14. The molecule has 2 rings (SSSR count). The molecule has 1 aromatic carbocycles. The quantitative estimate of drug-likeness (QED) is 0.836. The predicted octanol–water partition coefficient (Wildman–Crippen LogP) is 2.23. The third kappa shape index (κ3) is 3.74. The first-order valence-corrected chi connectivity index (χ1v) is 9.00. The van der Waals surface area contributed by atoms with Gasteiger partial charge >= 0.3 is 0 Å². The Balaban J connectivity index is 2.10. The minimum atomic E-state index is -3.04. The molecule has 0 unspecified atom stereocenters. The first-order chi connectivity index (χ1) is 9.82. The molecule has 2 atom stereocenters. The Morgan fingerprint density at radius 3 is 2.67 bits per heavy atom. The lowest BCUT2D eigenvalue weighted by Crippen LogP contribution is -2.40. The Labute approximate surface area is 125 Å². The minimum absolute atomic E-state index is 0.00478. The fraction of sp³-hybridized carbons (Fsp3) is 0.600. The lowest BCUT2D eigenvalue weighted by Gasteiger charge is -2.28. The van der Waals surface area contributed by atoms with Gasteiger partial charge in [0.05, 0.1) is 12.4 Å². The van der Waals surface area contributed by atoms with Gasteiger partial charge in [-0.15, -0.1) is 0 Å². The molecule has 1 saturated carbocycles. The van der Waals surface area contributed by atoms with Crippen molar-refractivity contribution in [2.45, 2.75) is 37.1 Å². The fourth-order valence-electron chi connectivity index (χ4n) is 3.12. The van der Waals surface area contributed by atoms with Gasteiger partial charge in [0.15, 0.2) is 21.4 Å². The summed E-state index contributed by atoms with van der Waals surface area (Å²) in [5.41, 5.74) is 0.815. The highest BCUT2D eigenvalue weighted by Gasteiger charge is 2.37. The lowest BCUT2D eigenvalue weighted by molar-refractivity contribution is 0.238. The zero-order valence-electron chi connectivity index (χ0n) is 12.7. The van der Waals surface area contributed by atoms with Crippen LogP contribution in [0, 0.1) is 5.82 Å². The summed E-state index contributed by atoms with van der Waals surface area (Å²) in [6, 6.07) is 4.86. The predicted molar refractivity (Wildman–Crippen MR) is 80.7 cm³/mol. The number of methoxy groups -OCH3 is 1. The summed E-state index contributed by atoms with van der Waals surface area (Å²) in [7, 11) is 0.286. The number of hydrogen-bond acceptors (Lipinski definition) is 4. The molecule has 0 heterocycles. The van der Waals surface area contributed by atoms with Crippen LogP contribution in [-0.4, -0.2) is 45.0 Å². The van der Waals surface area contributed by atoms with Crippen molar-refractivity contribution in [2.24, 2.45) is 0 Å². The van der Waals surface area contributed by atoms with E-state index in [0.717, 1.165) is 18.4 Å². The topological polar surface area (TPSA) is 46.6 Å². The van der Waals surface area contributed by atoms with E-state index >= 15 is 0 Å². The number of benzene rings is 1. The highest BCUT2D eigenvalue weighted by atomic mass is 32.2. The molecule has 6 heteroatoms. The smallest absolute Gasteiger partial charge is 0.165 e. The van der Waals surface area contributed by atoms with Crippen molar-refractivity contribution in [3.05, 3.63) is 29.6 Å². The van der Waals surface area contributed by atoms with Gasteiger partial charge in [0.2, 0.25) is 0 Å². The van der Waals surface area contributed by atoms with E-state index in [2.05, 4.69) is 0 Å². The molecule has 1 aromatic rings. The Morgan fingerprint density at radius 1 is 1.38 bits per heavy atom. The zero-order valence-corrected chi connectivity index (χ0v) is 13.5. The molecule has 1 aliphatic rings. The van der Waals surface area contributed by atoms with Crippen LogP contribution in [0.2, 0.25) is 0 Å². The Bertz CT molecular complexity index is 603. The molecule has 0 N–H and O–H groups in total. The summed E-state index contributed by atoms with van der Waals surface area (Å²) in [6.07, 6.45) is 3.80. The third-order valence-corrected chi connectivity index (χ3v) is 5.83. The fourth-order valence-corrected chi connectivity index (χ4v) is 4.63. The van der Waals surface area contributed by atoms with E-state index < -0.39 is 15.7 Å². The van der Waals surface area contributed by atoms with Crippen molar-refractivity contribution in [1.29, 1.82) is 0 Å². The summed E-state index contributed by atoms with van der Waals surface area (Å²) >= 11 is 0. The number of hydrogen-bond donors (Lipinski definition) is 0. The van der Waals surface area contributed by atoms with Crippen LogP contribution in [0.25, 0.3) is 0 Å². The van der Waals surface area contributed by atoms with Gasteiger partial charge in [-0.3, -0.25) is 4.90 Å². The highest BCUT2D eigenvalue weighted by molar-refractivity contribution is 7.91. The first-order valence-electron chi connectivity index (χ1n) is 7.04. The van der Waals surface area contributed by atoms with E-state index in [-0.39, 0.29) is 17.0 Å².